The molecule has 7 heteroatoms. The van der Waals surface area contributed by atoms with Gasteiger partial charge in [0, 0.05) is 23.9 Å². The van der Waals surface area contributed by atoms with E-state index in [2.05, 4.69) is 19.6 Å². The summed E-state index contributed by atoms with van der Waals surface area (Å²) in [6, 6.07) is 16.0. The van der Waals surface area contributed by atoms with Crippen molar-refractivity contribution in [1.82, 2.24) is 14.7 Å². The third-order valence-electron chi connectivity index (χ3n) is 5.96. The molecule has 1 aliphatic rings. The Morgan fingerprint density at radius 2 is 1.94 bits per heavy atom. The van der Waals surface area contributed by atoms with Crippen molar-refractivity contribution in [2.75, 3.05) is 13.2 Å². The minimum absolute atomic E-state index is 0.0238. The first kappa shape index (κ1) is 25.9. The summed E-state index contributed by atoms with van der Waals surface area (Å²) in [4.78, 5) is 15.6. The normalized spacial score (nSPS) is 14.6. The van der Waals surface area contributed by atoms with Gasteiger partial charge in [-0.15, -0.1) is 0 Å². The SMILES string of the molecule is C=CCOc1ccc(-c2nn(-c3ccccc3)cc2/C=C2\SC(=S)N(CCCCCC)C2=O)cc1C. The minimum atomic E-state index is -0.0238. The van der Waals surface area contributed by atoms with Gasteiger partial charge in [-0.1, -0.05) is 81.0 Å². The number of carbonyl (C=O) groups is 1. The topological polar surface area (TPSA) is 47.4 Å². The van der Waals surface area contributed by atoms with Crippen LogP contribution in [0.4, 0.5) is 0 Å². The monoisotopic (exact) mass is 517 g/mol. The van der Waals surface area contributed by atoms with Crippen LogP contribution in [-0.4, -0.2) is 38.1 Å². The van der Waals surface area contributed by atoms with E-state index in [1.165, 1.54) is 18.2 Å². The molecule has 0 bridgehead atoms. The molecule has 0 atom stereocenters. The fourth-order valence-corrected chi connectivity index (χ4v) is 5.37. The first-order valence-corrected chi connectivity index (χ1v) is 13.5. The molecule has 1 aliphatic heterocycles. The average molecular weight is 518 g/mol. The highest BCUT2D eigenvalue weighted by atomic mass is 32.2. The molecule has 0 saturated carbocycles. The van der Waals surface area contributed by atoms with Gasteiger partial charge in [0.25, 0.3) is 5.91 Å². The summed E-state index contributed by atoms with van der Waals surface area (Å²) in [5, 5.41) is 4.91. The number of aryl methyl sites for hydroxylation is 1. The van der Waals surface area contributed by atoms with E-state index < -0.39 is 0 Å². The zero-order valence-corrected chi connectivity index (χ0v) is 22.4. The molecule has 1 saturated heterocycles. The van der Waals surface area contributed by atoms with E-state index in [4.69, 9.17) is 22.1 Å². The molecular weight excluding hydrogens is 486 g/mol. The number of nitrogens with zero attached hydrogens (tertiary/aromatic N) is 3. The van der Waals surface area contributed by atoms with Crippen molar-refractivity contribution in [2.45, 2.75) is 39.5 Å². The number of hydrogen-bond acceptors (Lipinski definition) is 5. The van der Waals surface area contributed by atoms with Gasteiger partial charge in [-0.2, -0.15) is 5.10 Å². The Balaban J connectivity index is 1.68. The van der Waals surface area contributed by atoms with Gasteiger partial charge in [0.1, 0.15) is 22.4 Å². The summed E-state index contributed by atoms with van der Waals surface area (Å²) in [7, 11) is 0. The number of thioether (sulfide) groups is 1. The number of aromatic nitrogens is 2. The number of hydrogen-bond donors (Lipinski definition) is 0. The van der Waals surface area contributed by atoms with Crippen molar-refractivity contribution in [1.29, 1.82) is 0 Å². The van der Waals surface area contributed by atoms with Crippen LogP contribution in [0.15, 0.2) is 72.3 Å². The van der Waals surface area contributed by atoms with Gasteiger partial charge in [0.2, 0.25) is 0 Å². The van der Waals surface area contributed by atoms with E-state index in [1.807, 2.05) is 66.3 Å². The maximum absolute atomic E-state index is 13.2. The van der Waals surface area contributed by atoms with E-state index in [0.717, 1.165) is 53.1 Å². The highest BCUT2D eigenvalue weighted by Gasteiger charge is 2.32. The lowest BCUT2D eigenvalue weighted by Gasteiger charge is -2.13. The summed E-state index contributed by atoms with van der Waals surface area (Å²) in [5.41, 5.74) is 4.57. The molecular formula is C29H31N3O2S2. The quantitative estimate of drug-likeness (QED) is 0.117. The van der Waals surface area contributed by atoms with Gasteiger partial charge >= 0.3 is 0 Å². The fourth-order valence-electron chi connectivity index (χ4n) is 4.07. The van der Waals surface area contributed by atoms with Gasteiger partial charge in [-0.3, -0.25) is 9.69 Å². The van der Waals surface area contributed by atoms with Crippen molar-refractivity contribution in [3.8, 4) is 22.7 Å². The molecule has 1 fully saturated rings. The lowest BCUT2D eigenvalue weighted by molar-refractivity contribution is -0.122. The van der Waals surface area contributed by atoms with Gasteiger partial charge in [-0.25, -0.2) is 4.68 Å². The molecule has 4 rings (SSSR count). The Hall–Kier alpha value is -3.16. The maximum Gasteiger partial charge on any atom is 0.266 e. The predicted octanol–water partition coefficient (Wildman–Crippen LogP) is 7.19. The Labute approximate surface area is 222 Å². The van der Waals surface area contributed by atoms with Crippen molar-refractivity contribution in [3.63, 3.8) is 0 Å². The van der Waals surface area contributed by atoms with Crippen LogP contribution in [0.5, 0.6) is 5.75 Å². The lowest BCUT2D eigenvalue weighted by Crippen LogP contribution is -2.29. The second-order valence-corrected chi connectivity index (χ2v) is 10.4. The Kier molecular flexibility index (Phi) is 8.78. The molecule has 5 nitrogen and oxygen atoms in total. The maximum atomic E-state index is 13.2. The number of rotatable bonds is 11. The largest absolute Gasteiger partial charge is 0.489 e. The molecule has 0 unspecified atom stereocenters. The van der Waals surface area contributed by atoms with E-state index in [1.54, 1.807) is 11.0 Å². The van der Waals surface area contributed by atoms with Crippen LogP contribution in [0.2, 0.25) is 0 Å². The third kappa shape index (κ3) is 5.97. The van der Waals surface area contributed by atoms with Gasteiger partial charge in [-0.05, 0) is 55.3 Å². The van der Waals surface area contributed by atoms with Crippen molar-refractivity contribution in [2.24, 2.45) is 0 Å². The number of amides is 1. The van der Waals surface area contributed by atoms with Crippen LogP contribution in [0, 0.1) is 6.92 Å². The van der Waals surface area contributed by atoms with E-state index >= 15 is 0 Å². The fraction of sp³-hybridized carbons (Fsp3) is 0.276. The standard InChI is InChI=1S/C29H31N3O2S2/c1-4-6-7-11-16-31-28(33)26(36-29(31)35)19-23-20-32(24-12-9-8-10-13-24)30-27(23)22-14-15-25(21(3)18-22)34-17-5-2/h5,8-10,12-15,18-20H,2,4,6-7,11,16-17H2,1,3H3/b26-19-. The average Bonchev–Trinajstić information content (AvgIpc) is 3.42. The summed E-state index contributed by atoms with van der Waals surface area (Å²) in [6.45, 7) is 9.03. The number of benzene rings is 2. The molecule has 0 aliphatic carbocycles. The minimum Gasteiger partial charge on any atom is -0.489 e. The second-order valence-electron chi connectivity index (χ2n) is 8.69. The summed E-state index contributed by atoms with van der Waals surface area (Å²) in [6.07, 6.45) is 10.0. The first-order chi connectivity index (χ1) is 17.5. The van der Waals surface area contributed by atoms with Crippen LogP contribution < -0.4 is 4.74 Å². The molecule has 36 heavy (non-hydrogen) atoms. The Bertz CT molecular complexity index is 1280. The highest BCUT2D eigenvalue weighted by molar-refractivity contribution is 8.26. The van der Waals surface area contributed by atoms with Gasteiger partial charge < -0.3 is 4.74 Å². The number of para-hydroxylation sites is 1. The number of unbranched alkanes of at least 4 members (excludes halogenated alkanes) is 3. The van der Waals surface area contributed by atoms with Crippen LogP contribution in [-0.2, 0) is 4.79 Å². The van der Waals surface area contributed by atoms with Crippen LogP contribution in [0.25, 0.3) is 23.0 Å². The third-order valence-corrected chi connectivity index (χ3v) is 7.34. The first-order valence-electron chi connectivity index (χ1n) is 12.3. The van der Waals surface area contributed by atoms with Crippen LogP contribution in [0.3, 0.4) is 0 Å². The smallest absolute Gasteiger partial charge is 0.266 e. The van der Waals surface area contributed by atoms with Crippen molar-refractivity contribution >= 4 is 40.3 Å². The van der Waals surface area contributed by atoms with Crippen molar-refractivity contribution in [3.05, 3.63) is 83.4 Å². The molecule has 186 valence electrons. The summed E-state index contributed by atoms with van der Waals surface area (Å²) < 4.78 is 8.23. The predicted molar refractivity (Wildman–Crippen MR) is 153 cm³/mol. The zero-order valence-electron chi connectivity index (χ0n) is 20.8. The Morgan fingerprint density at radius 1 is 1.14 bits per heavy atom. The Morgan fingerprint density at radius 3 is 2.67 bits per heavy atom. The van der Waals surface area contributed by atoms with Gasteiger partial charge in [0.05, 0.1) is 10.6 Å². The van der Waals surface area contributed by atoms with Crippen LogP contribution >= 0.6 is 24.0 Å². The highest BCUT2D eigenvalue weighted by Crippen LogP contribution is 2.36. The van der Waals surface area contributed by atoms with Crippen molar-refractivity contribution < 1.29 is 9.53 Å². The molecule has 1 aromatic heterocycles. The van der Waals surface area contributed by atoms with Gasteiger partial charge in [0.15, 0.2) is 0 Å². The van der Waals surface area contributed by atoms with E-state index in [0.29, 0.717) is 22.4 Å². The molecule has 2 aromatic carbocycles. The number of carbonyl (C=O) groups excluding carboxylic acids is 1. The molecule has 1 amide bonds. The van der Waals surface area contributed by atoms with E-state index in [-0.39, 0.29) is 5.91 Å². The molecule has 0 N–H and O–H groups in total. The molecule has 3 aromatic rings. The van der Waals surface area contributed by atoms with E-state index in [9.17, 15) is 4.79 Å². The molecule has 0 radical (unpaired) electrons. The summed E-state index contributed by atoms with van der Waals surface area (Å²) in [5.74, 6) is 0.788. The molecule has 2 heterocycles. The van der Waals surface area contributed by atoms with Crippen LogP contribution in [0.1, 0.15) is 43.7 Å². The second kappa shape index (κ2) is 12.2. The zero-order chi connectivity index (χ0) is 25.5. The number of ether oxygens (including phenoxy) is 1. The molecule has 0 spiro atoms. The lowest BCUT2D eigenvalue weighted by atomic mass is 10.0. The summed E-state index contributed by atoms with van der Waals surface area (Å²) >= 11 is 6.92. The number of thiocarbonyl (C=S) groups is 1.